The van der Waals surface area contributed by atoms with Crippen molar-refractivity contribution in [2.45, 2.75) is 18.3 Å². The Hall–Kier alpha value is -1.51. The van der Waals surface area contributed by atoms with Gasteiger partial charge in [-0.15, -0.1) is 0 Å². The Bertz CT molecular complexity index is 610. The Morgan fingerprint density at radius 2 is 1.80 bits per heavy atom. The maximum Gasteiger partial charge on any atom is 0.182 e. The van der Waals surface area contributed by atoms with Gasteiger partial charge in [0.05, 0.1) is 12.3 Å². The number of aromatic amines is 1. The van der Waals surface area contributed by atoms with Crippen LogP contribution < -0.4 is 0 Å². The lowest BCUT2D eigenvalue weighted by Gasteiger charge is -2.20. The number of nitrogens with one attached hydrogen (secondary N) is 1. The van der Waals surface area contributed by atoms with Gasteiger partial charge in [0.25, 0.3) is 0 Å². The first-order valence-corrected chi connectivity index (χ1v) is 6.47. The van der Waals surface area contributed by atoms with E-state index in [1.54, 1.807) is 10.8 Å². The molecule has 108 valence electrons. The van der Waals surface area contributed by atoms with Gasteiger partial charge in [-0.05, 0) is 24.4 Å². The van der Waals surface area contributed by atoms with Crippen molar-refractivity contribution < 1.29 is 20.4 Å². The van der Waals surface area contributed by atoms with Crippen LogP contribution in [0, 0.1) is 4.77 Å². The molecule has 2 rings (SSSR count). The van der Waals surface area contributed by atoms with Crippen LogP contribution in [0.1, 0.15) is 11.8 Å². The lowest BCUT2D eigenvalue weighted by Crippen LogP contribution is -2.34. The summed E-state index contributed by atoms with van der Waals surface area (Å²) in [6.45, 7) is -0.641. The Morgan fingerprint density at radius 1 is 1.15 bits per heavy atom. The minimum absolute atomic E-state index is 0.263. The fraction of sp³-hybridized carbons (Fsp3) is 0.308. The smallest absolute Gasteiger partial charge is 0.182 e. The van der Waals surface area contributed by atoms with Crippen molar-refractivity contribution in [3.8, 4) is 5.69 Å². The van der Waals surface area contributed by atoms with Gasteiger partial charge in [0.1, 0.15) is 18.3 Å². The van der Waals surface area contributed by atoms with Gasteiger partial charge in [0, 0.05) is 11.9 Å². The second kappa shape index (κ2) is 6.29. The topological polar surface area (TPSA) is 102 Å². The van der Waals surface area contributed by atoms with Crippen LogP contribution in [0.3, 0.4) is 0 Å². The van der Waals surface area contributed by atoms with Crippen LogP contribution in [-0.4, -0.2) is 48.8 Å². The van der Waals surface area contributed by atoms with Gasteiger partial charge in [-0.1, -0.05) is 18.2 Å². The molecule has 0 amide bonds. The van der Waals surface area contributed by atoms with E-state index in [2.05, 4.69) is 4.98 Å². The van der Waals surface area contributed by atoms with Gasteiger partial charge < -0.3 is 25.4 Å². The average molecular weight is 296 g/mol. The van der Waals surface area contributed by atoms with Crippen molar-refractivity contribution in [3.05, 3.63) is 47.0 Å². The Morgan fingerprint density at radius 3 is 2.40 bits per heavy atom. The summed E-state index contributed by atoms with van der Waals surface area (Å²) in [5.74, 6) is 0. The van der Waals surface area contributed by atoms with E-state index in [9.17, 15) is 15.3 Å². The number of aliphatic hydroxyl groups is 4. The summed E-state index contributed by atoms with van der Waals surface area (Å²) in [6, 6.07) is 9.27. The van der Waals surface area contributed by atoms with E-state index < -0.39 is 24.9 Å². The van der Waals surface area contributed by atoms with Crippen LogP contribution >= 0.6 is 12.2 Å². The van der Waals surface area contributed by atoms with E-state index in [4.69, 9.17) is 17.3 Å². The van der Waals surface area contributed by atoms with Crippen molar-refractivity contribution in [2.75, 3.05) is 6.61 Å². The third-order valence-electron chi connectivity index (χ3n) is 3.00. The monoisotopic (exact) mass is 296 g/mol. The summed E-state index contributed by atoms with van der Waals surface area (Å²) >= 11 is 5.16. The van der Waals surface area contributed by atoms with Gasteiger partial charge in [-0.3, -0.25) is 4.57 Å². The molecule has 6 nitrogen and oxygen atoms in total. The number of aromatic nitrogens is 2. The number of hydrogen-bond donors (Lipinski definition) is 5. The van der Waals surface area contributed by atoms with Crippen LogP contribution in [0.15, 0.2) is 36.5 Å². The molecule has 2 aromatic rings. The zero-order valence-corrected chi connectivity index (χ0v) is 11.4. The molecule has 0 saturated carbocycles. The first-order chi connectivity index (χ1) is 9.54. The number of rotatable bonds is 5. The molecule has 0 fully saturated rings. The average Bonchev–Trinajstić information content (AvgIpc) is 2.87. The van der Waals surface area contributed by atoms with Gasteiger partial charge >= 0.3 is 0 Å². The van der Waals surface area contributed by atoms with Gasteiger partial charge in [0.2, 0.25) is 0 Å². The Kier molecular flexibility index (Phi) is 4.69. The van der Waals surface area contributed by atoms with Gasteiger partial charge in [-0.25, -0.2) is 0 Å². The first-order valence-electron chi connectivity index (χ1n) is 6.06. The highest BCUT2D eigenvalue weighted by Crippen LogP contribution is 2.19. The molecule has 1 aromatic carbocycles. The van der Waals surface area contributed by atoms with Gasteiger partial charge in [-0.2, -0.15) is 0 Å². The van der Waals surface area contributed by atoms with E-state index in [1.807, 2.05) is 30.3 Å². The Balaban J connectivity index is 2.30. The molecule has 0 saturated heterocycles. The van der Waals surface area contributed by atoms with E-state index in [0.717, 1.165) is 5.69 Å². The second-order valence-electron chi connectivity index (χ2n) is 4.41. The number of benzene rings is 1. The number of H-pyrrole nitrogens is 1. The molecule has 5 N–H and O–H groups in total. The second-order valence-corrected chi connectivity index (χ2v) is 4.79. The molecule has 0 spiro atoms. The van der Waals surface area contributed by atoms with Crippen molar-refractivity contribution in [2.24, 2.45) is 0 Å². The van der Waals surface area contributed by atoms with Gasteiger partial charge in [0.15, 0.2) is 4.77 Å². The van der Waals surface area contributed by atoms with Crippen LogP contribution in [-0.2, 0) is 0 Å². The van der Waals surface area contributed by atoms with Crippen molar-refractivity contribution in [3.63, 3.8) is 0 Å². The number of aliphatic hydroxyl groups excluding tert-OH is 4. The highest BCUT2D eigenvalue weighted by Gasteiger charge is 2.27. The largest absolute Gasteiger partial charge is 0.394 e. The molecule has 20 heavy (non-hydrogen) atoms. The molecular formula is C13H16N2O4S. The Labute approximate surface area is 120 Å². The minimum Gasteiger partial charge on any atom is -0.394 e. The zero-order chi connectivity index (χ0) is 14.7. The molecule has 0 unspecified atom stereocenters. The van der Waals surface area contributed by atoms with E-state index in [-0.39, 0.29) is 5.69 Å². The minimum atomic E-state index is -1.50. The molecule has 0 aliphatic rings. The van der Waals surface area contributed by atoms with E-state index >= 15 is 0 Å². The fourth-order valence-electron chi connectivity index (χ4n) is 1.85. The molecule has 0 radical (unpaired) electrons. The van der Waals surface area contributed by atoms with Crippen molar-refractivity contribution >= 4 is 12.2 Å². The summed E-state index contributed by atoms with van der Waals surface area (Å²) in [4.78, 5) is 2.78. The van der Waals surface area contributed by atoms with Crippen LogP contribution in [0.25, 0.3) is 5.69 Å². The number of imidazole rings is 1. The first kappa shape index (κ1) is 14.9. The molecular weight excluding hydrogens is 280 g/mol. The zero-order valence-electron chi connectivity index (χ0n) is 10.5. The third-order valence-corrected chi connectivity index (χ3v) is 3.29. The predicted octanol–water partition coefficient (Wildman–Crippen LogP) is 0.282. The van der Waals surface area contributed by atoms with E-state index in [0.29, 0.717) is 4.77 Å². The third kappa shape index (κ3) is 2.97. The summed E-state index contributed by atoms with van der Waals surface area (Å²) < 4.78 is 2.00. The summed E-state index contributed by atoms with van der Waals surface area (Å²) in [5, 5.41) is 37.8. The van der Waals surface area contributed by atoms with Crippen LogP contribution in [0.5, 0.6) is 0 Å². The molecule has 3 atom stereocenters. The molecule has 0 bridgehead atoms. The summed E-state index contributed by atoms with van der Waals surface area (Å²) in [6.07, 6.45) is -2.75. The van der Waals surface area contributed by atoms with Crippen molar-refractivity contribution in [1.29, 1.82) is 0 Å². The fourth-order valence-corrected chi connectivity index (χ4v) is 2.12. The molecule has 0 aliphatic carbocycles. The maximum absolute atomic E-state index is 9.96. The van der Waals surface area contributed by atoms with Crippen molar-refractivity contribution in [1.82, 2.24) is 9.55 Å². The lowest BCUT2D eigenvalue weighted by atomic mass is 10.1. The summed E-state index contributed by atoms with van der Waals surface area (Å²) in [7, 11) is 0. The predicted molar refractivity (Wildman–Crippen MR) is 75.0 cm³/mol. The molecule has 0 aliphatic heterocycles. The highest BCUT2D eigenvalue weighted by atomic mass is 32.1. The quantitative estimate of drug-likeness (QED) is 0.510. The number of nitrogens with zero attached hydrogens (tertiary/aromatic N) is 1. The molecule has 7 heteroatoms. The molecule has 1 heterocycles. The standard InChI is InChI=1S/C13H16N2O4S/c16-7-10(17)12(19)11(18)9-6-15(13(20)14-9)8-4-2-1-3-5-8/h1-6,10-12,16-19H,7H2,(H,14,20)/t10-,11-,12-/m1/s1. The normalized spacial score (nSPS) is 15.8. The van der Waals surface area contributed by atoms with Crippen LogP contribution in [0.2, 0.25) is 0 Å². The number of hydrogen-bond acceptors (Lipinski definition) is 5. The summed E-state index contributed by atoms with van der Waals surface area (Å²) in [5.41, 5.74) is 1.07. The van der Waals surface area contributed by atoms with Crippen LogP contribution in [0.4, 0.5) is 0 Å². The SMILES string of the molecule is OC[C@@H](O)[C@@H](O)[C@H](O)c1cn(-c2ccccc2)c(=S)[nH]1. The van der Waals surface area contributed by atoms with E-state index in [1.165, 1.54) is 0 Å². The lowest BCUT2D eigenvalue weighted by molar-refractivity contribution is -0.0788. The highest BCUT2D eigenvalue weighted by molar-refractivity contribution is 7.71. The number of para-hydroxylation sites is 1. The maximum atomic E-state index is 9.96. The molecule has 1 aromatic heterocycles.